The van der Waals surface area contributed by atoms with Crippen molar-refractivity contribution in [2.45, 2.75) is 9.99 Å². The molecular weight excluding hydrogens is 465 g/mol. The third-order valence-corrected chi connectivity index (χ3v) is 5.90. The molecule has 1 N–H and O–H groups in total. The van der Waals surface area contributed by atoms with Crippen molar-refractivity contribution >= 4 is 62.0 Å². The van der Waals surface area contributed by atoms with Crippen molar-refractivity contribution in [1.29, 1.82) is 5.26 Å². The van der Waals surface area contributed by atoms with Crippen LogP contribution in [0.15, 0.2) is 67.4 Å². The van der Waals surface area contributed by atoms with Crippen molar-refractivity contribution in [2.75, 3.05) is 0 Å². The standard InChI is InChI=1S/C20H10BrClFN3OS/c21-16-9-14(27-20(16)28-15-4-1-12(22)2-5-15)7-11(10-24)19-25-17-6-3-13(23)8-18(17)26-19/h1-9H,(H,25,26)/b11-7-. The monoisotopic (exact) mass is 473 g/mol. The lowest BCUT2D eigenvalue weighted by molar-refractivity contribution is 0.463. The molecule has 0 unspecified atom stereocenters. The normalized spacial score (nSPS) is 11.7. The summed E-state index contributed by atoms with van der Waals surface area (Å²) in [4.78, 5) is 8.27. The minimum absolute atomic E-state index is 0.279. The quantitative estimate of drug-likeness (QED) is 0.326. The molecule has 0 atom stereocenters. The number of nitrogens with one attached hydrogen (secondary N) is 1. The minimum atomic E-state index is -0.371. The van der Waals surface area contributed by atoms with Crippen LogP contribution in [-0.4, -0.2) is 9.97 Å². The Kier molecular flexibility index (Phi) is 5.27. The average Bonchev–Trinajstić information content (AvgIpc) is 3.24. The predicted octanol–water partition coefficient (Wildman–Crippen LogP) is 6.93. The number of nitriles is 1. The summed E-state index contributed by atoms with van der Waals surface area (Å²) >= 11 is 10.8. The van der Waals surface area contributed by atoms with Crippen LogP contribution in [0.5, 0.6) is 0 Å². The van der Waals surface area contributed by atoms with Crippen molar-refractivity contribution in [3.63, 3.8) is 0 Å². The van der Waals surface area contributed by atoms with E-state index in [1.54, 1.807) is 30.3 Å². The van der Waals surface area contributed by atoms with Gasteiger partial charge in [0.1, 0.15) is 23.5 Å². The zero-order valence-electron chi connectivity index (χ0n) is 14.0. The molecule has 0 aliphatic rings. The van der Waals surface area contributed by atoms with Crippen LogP contribution in [0.1, 0.15) is 11.6 Å². The van der Waals surface area contributed by atoms with Crippen LogP contribution < -0.4 is 0 Å². The van der Waals surface area contributed by atoms with E-state index in [4.69, 9.17) is 16.0 Å². The van der Waals surface area contributed by atoms with E-state index in [-0.39, 0.29) is 11.4 Å². The maximum absolute atomic E-state index is 13.4. The van der Waals surface area contributed by atoms with Gasteiger partial charge in [-0.25, -0.2) is 9.37 Å². The van der Waals surface area contributed by atoms with Gasteiger partial charge in [0, 0.05) is 16.0 Å². The number of allylic oxidation sites excluding steroid dienone is 1. The molecule has 0 saturated carbocycles. The molecule has 138 valence electrons. The van der Waals surface area contributed by atoms with Crippen LogP contribution in [0.4, 0.5) is 4.39 Å². The molecule has 4 aromatic rings. The fraction of sp³-hybridized carbons (Fsp3) is 0. The highest BCUT2D eigenvalue weighted by Gasteiger charge is 2.13. The Labute approximate surface area is 177 Å². The zero-order valence-corrected chi connectivity index (χ0v) is 17.2. The summed E-state index contributed by atoms with van der Waals surface area (Å²) in [5.74, 6) is 0.470. The minimum Gasteiger partial charge on any atom is -0.449 e. The van der Waals surface area contributed by atoms with Gasteiger partial charge in [0.05, 0.1) is 21.1 Å². The molecule has 0 aliphatic carbocycles. The van der Waals surface area contributed by atoms with E-state index in [9.17, 15) is 9.65 Å². The summed E-state index contributed by atoms with van der Waals surface area (Å²) in [5, 5.41) is 10.8. The van der Waals surface area contributed by atoms with Crippen LogP contribution in [-0.2, 0) is 0 Å². The molecule has 2 aromatic heterocycles. The van der Waals surface area contributed by atoms with Gasteiger partial charge in [-0.3, -0.25) is 0 Å². The van der Waals surface area contributed by atoms with Crippen molar-refractivity contribution in [3.05, 3.63) is 75.4 Å². The molecule has 0 radical (unpaired) electrons. The van der Waals surface area contributed by atoms with E-state index in [2.05, 4.69) is 32.0 Å². The second kappa shape index (κ2) is 7.84. The van der Waals surface area contributed by atoms with Crippen LogP contribution in [0, 0.1) is 17.1 Å². The lowest BCUT2D eigenvalue weighted by atomic mass is 10.2. The molecule has 0 aliphatic heterocycles. The van der Waals surface area contributed by atoms with Crippen LogP contribution >= 0.6 is 39.3 Å². The first-order chi connectivity index (χ1) is 13.5. The van der Waals surface area contributed by atoms with E-state index in [0.29, 0.717) is 32.7 Å². The fourth-order valence-electron chi connectivity index (χ4n) is 2.52. The number of fused-ring (bicyclic) bond motifs is 1. The van der Waals surface area contributed by atoms with Gasteiger partial charge in [0.25, 0.3) is 0 Å². The largest absolute Gasteiger partial charge is 0.449 e. The number of hydrogen-bond donors (Lipinski definition) is 1. The molecule has 4 nitrogen and oxygen atoms in total. The Morgan fingerprint density at radius 1 is 1.25 bits per heavy atom. The SMILES string of the molecule is N#C/C(=C/c1cc(Br)c(Sc2ccc(Cl)cc2)o1)c1nc2ccc(F)cc2[nH]1. The summed E-state index contributed by atoms with van der Waals surface area (Å²) < 4.78 is 20.0. The summed E-state index contributed by atoms with van der Waals surface area (Å²) in [6.45, 7) is 0. The maximum atomic E-state index is 13.4. The number of hydrogen-bond acceptors (Lipinski definition) is 4. The number of benzene rings is 2. The summed E-state index contributed by atoms with van der Waals surface area (Å²) in [5.41, 5.74) is 1.38. The number of rotatable bonds is 4. The summed E-state index contributed by atoms with van der Waals surface area (Å²) in [7, 11) is 0. The lowest BCUT2D eigenvalue weighted by Crippen LogP contribution is -1.84. The van der Waals surface area contributed by atoms with E-state index in [1.165, 1.54) is 23.9 Å². The lowest BCUT2D eigenvalue weighted by Gasteiger charge is -1.98. The molecule has 0 fully saturated rings. The van der Waals surface area contributed by atoms with Gasteiger partial charge in [-0.05, 0) is 64.5 Å². The molecule has 0 saturated heterocycles. The third kappa shape index (κ3) is 3.99. The molecular formula is C20H10BrClFN3OS. The molecule has 0 amide bonds. The van der Waals surface area contributed by atoms with Crippen molar-refractivity contribution in [3.8, 4) is 6.07 Å². The highest BCUT2D eigenvalue weighted by molar-refractivity contribution is 9.10. The molecule has 0 spiro atoms. The van der Waals surface area contributed by atoms with Gasteiger partial charge in [-0.1, -0.05) is 23.4 Å². The molecule has 0 bridgehead atoms. The molecule has 2 heterocycles. The molecule has 8 heteroatoms. The van der Waals surface area contributed by atoms with Gasteiger partial charge in [0.15, 0.2) is 5.09 Å². The van der Waals surface area contributed by atoms with E-state index < -0.39 is 0 Å². The number of aromatic amines is 1. The Bertz CT molecular complexity index is 1240. The number of halogens is 3. The Balaban J connectivity index is 1.64. The van der Waals surface area contributed by atoms with Crippen molar-refractivity contribution in [1.82, 2.24) is 9.97 Å². The first-order valence-corrected chi connectivity index (χ1v) is 10.0. The van der Waals surface area contributed by atoms with E-state index in [1.807, 2.05) is 12.1 Å². The first-order valence-electron chi connectivity index (χ1n) is 8.02. The summed E-state index contributed by atoms with van der Waals surface area (Å²) in [6.07, 6.45) is 1.59. The van der Waals surface area contributed by atoms with Gasteiger partial charge in [-0.15, -0.1) is 0 Å². The number of imidazole rings is 1. The van der Waals surface area contributed by atoms with Gasteiger partial charge in [-0.2, -0.15) is 5.26 Å². The molecule has 28 heavy (non-hydrogen) atoms. The van der Waals surface area contributed by atoms with Crippen molar-refractivity contribution in [2.24, 2.45) is 0 Å². The second-order valence-electron chi connectivity index (χ2n) is 5.76. The predicted molar refractivity (Wildman–Crippen MR) is 112 cm³/mol. The number of aromatic nitrogens is 2. The number of nitrogens with zero attached hydrogens (tertiary/aromatic N) is 2. The number of H-pyrrole nitrogens is 1. The molecule has 2 aromatic carbocycles. The fourth-order valence-corrected chi connectivity index (χ4v) is 3.98. The second-order valence-corrected chi connectivity index (χ2v) is 8.09. The third-order valence-electron chi connectivity index (χ3n) is 3.80. The van der Waals surface area contributed by atoms with Crippen LogP contribution in [0.25, 0.3) is 22.7 Å². The van der Waals surface area contributed by atoms with Crippen LogP contribution in [0.2, 0.25) is 5.02 Å². The Morgan fingerprint density at radius 3 is 2.79 bits per heavy atom. The number of furan rings is 1. The summed E-state index contributed by atoms with van der Waals surface area (Å²) in [6, 6.07) is 15.5. The smallest absolute Gasteiger partial charge is 0.179 e. The average molecular weight is 475 g/mol. The molecule has 4 rings (SSSR count). The van der Waals surface area contributed by atoms with E-state index >= 15 is 0 Å². The highest BCUT2D eigenvalue weighted by atomic mass is 79.9. The van der Waals surface area contributed by atoms with Gasteiger partial charge < -0.3 is 9.40 Å². The van der Waals surface area contributed by atoms with Crippen LogP contribution in [0.3, 0.4) is 0 Å². The maximum Gasteiger partial charge on any atom is 0.179 e. The Hall–Kier alpha value is -2.53. The first kappa shape index (κ1) is 18.8. The highest BCUT2D eigenvalue weighted by Crippen LogP contribution is 2.37. The van der Waals surface area contributed by atoms with E-state index in [0.717, 1.165) is 9.37 Å². The van der Waals surface area contributed by atoms with Gasteiger partial charge in [0.2, 0.25) is 0 Å². The zero-order chi connectivity index (χ0) is 19.7. The topological polar surface area (TPSA) is 65.6 Å². The van der Waals surface area contributed by atoms with Crippen molar-refractivity contribution < 1.29 is 8.81 Å². The van der Waals surface area contributed by atoms with Gasteiger partial charge >= 0.3 is 0 Å². The Morgan fingerprint density at radius 2 is 2.04 bits per heavy atom.